The standard InChI is InChI=1S/C32H27Cl2N3O10S/c1-5-44-25-11-17(7-9-24(25)46-15-27(38)43-4)29-28(31(40)45-6-2)16(3)35-32-36(29)30(39)26(48-32)12-18-8-10-23(47-18)19-13-22(37(41)42)21(34)14-20(19)33/h7-14,29H,5-6,15H2,1-4H3/b26-12-/t29-/m0/s1. The Kier molecular flexibility index (Phi) is 10.4. The molecule has 5 rings (SSSR count). The van der Waals surface area contributed by atoms with Gasteiger partial charge in [-0.05, 0) is 56.7 Å². The summed E-state index contributed by atoms with van der Waals surface area (Å²) in [5.41, 5.74) is 0.432. The molecule has 2 aromatic carbocycles. The maximum Gasteiger partial charge on any atom is 0.343 e. The van der Waals surface area contributed by atoms with Crippen molar-refractivity contribution >= 4 is 58.2 Å². The van der Waals surface area contributed by atoms with Crippen LogP contribution < -0.4 is 24.4 Å². The number of nitro groups is 1. The Bertz CT molecular complexity index is 2150. The first kappa shape index (κ1) is 34.4. The fraction of sp³-hybridized carbons (Fsp3) is 0.250. The molecule has 1 aliphatic rings. The van der Waals surface area contributed by atoms with Gasteiger partial charge in [0.05, 0.1) is 52.1 Å². The third-order valence-electron chi connectivity index (χ3n) is 7.07. The van der Waals surface area contributed by atoms with E-state index in [1.807, 2.05) is 0 Å². The summed E-state index contributed by atoms with van der Waals surface area (Å²) in [5, 5.41) is 11.4. The number of thiazole rings is 1. The molecule has 0 fully saturated rings. The molecule has 0 saturated carbocycles. The van der Waals surface area contributed by atoms with Crippen LogP contribution in [0.3, 0.4) is 0 Å². The zero-order valence-corrected chi connectivity index (χ0v) is 28.2. The summed E-state index contributed by atoms with van der Waals surface area (Å²) in [6.07, 6.45) is 1.50. The minimum absolute atomic E-state index is 0.0961. The topological polar surface area (TPSA) is 162 Å². The Hall–Kier alpha value is -4.92. The van der Waals surface area contributed by atoms with Gasteiger partial charge in [-0.25, -0.2) is 14.6 Å². The van der Waals surface area contributed by atoms with Crippen molar-refractivity contribution in [1.82, 2.24) is 4.57 Å². The number of rotatable bonds is 11. The summed E-state index contributed by atoms with van der Waals surface area (Å²) in [4.78, 5) is 54.7. The Balaban J connectivity index is 1.62. The van der Waals surface area contributed by atoms with Crippen molar-refractivity contribution in [2.24, 2.45) is 4.99 Å². The summed E-state index contributed by atoms with van der Waals surface area (Å²) in [6.45, 7) is 5.11. The minimum atomic E-state index is -0.961. The molecule has 4 aromatic rings. The van der Waals surface area contributed by atoms with Crippen LogP contribution in [-0.4, -0.2) is 48.4 Å². The highest BCUT2D eigenvalue weighted by Gasteiger charge is 2.34. The maximum absolute atomic E-state index is 14.1. The SMILES string of the molecule is CCOC(=O)C1=C(C)N=c2s/c(=C\c3ccc(-c4cc([N+](=O)[O-])c(Cl)cc4Cl)o3)c(=O)n2[C@H]1c1ccc(OCC(=O)OC)c(OCC)c1. The fourth-order valence-corrected chi connectivity index (χ4v) is 6.53. The molecule has 0 saturated heterocycles. The van der Waals surface area contributed by atoms with E-state index in [-0.39, 0.29) is 74.2 Å². The van der Waals surface area contributed by atoms with E-state index in [2.05, 4.69) is 9.73 Å². The number of halogens is 2. The molecule has 0 unspecified atom stereocenters. The van der Waals surface area contributed by atoms with Crippen molar-refractivity contribution in [3.8, 4) is 22.8 Å². The molecule has 2 aromatic heterocycles. The van der Waals surface area contributed by atoms with Crippen molar-refractivity contribution < 1.29 is 37.9 Å². The van der Waals surface area contributed by atoms with E-state index in [9.17, 15) is 24.5 Å². The molecule has 0 spiro atoms. The van der Waals surface area contributed by atoms with E-state index in [1.54, 1.807) is 51.1 Å². The molecule has 0 N–H and O–H groups in total. The van der Waals surface area contributed by atoms with Crippen LogP contribution in [0.15, 0.2) is 67.9 Å². The smallest absolute Gasteiger partial charge is 0.343 e. The number of furan rings is 1. The number of nitro benzene ring substituents is 1. The van der Waals surface area contributed by atoms with Crippen LogP contribution >= 0.6 is 34.5 Å². The molecule has 3 heterocycles. The van der Waals surface area contributed by atoms with E-state index in [0.717, 1.165) is 11.3 Å². The largest absolute Gasteiger partial charge is 0.490 e. The Morgan fingerprint density at radius 3 is 2.54 bits per heavy atom. The number of benzene rings is 2. The molecule has 1 atom stereocenters. The number of hydrogen-bond acceptors (Lipinski definition) is 12. The second kappa shape index (κ2) is 14.5. The normalized spacial score (nSPS) is 14.3. The lowest BCUT2D eigenvalue weighted by molar-refractivity contribution is -0.384. The van der Waals surface area contributed by atoms with Crippen LogP contribution in [0.4, 0.5) is 5.69 Å². The van der Waals surface area contributed by atoms with Crippen LogP contribution in [0.2, 0.25) is 10.0 Å². The zero-order valence-electron chi connectivity index (χ0n) is 25.9. The summed E-state index contributed by atoms with van der Waals surface area (Å²) < 4.78 is 28.9. The minimum Gasteiger partial charge on any atom is -0.490 e. The number of hydrogen-bond donors (Lipinski definition) is 0. The van der Waals surface area contributed by atoms with E-state index < -0.39 is 28.5 Å². The molecule has 0 aliphatic carbocycles. The number of aromatic nitrogens is 1. The third-order valence-corrected chi connectivity index (χ3v) is 8.67. The van der Waals surface area contributed by atoms with Gasteiger partial charge in [-0.1, -0.05) is 40.6 Å². The van der Waals surface area contributed by atoms with Gasteiger partial charge in [0.1, 0.15) is 16.5 Å². The van der Waals surface area contributed by atoms with Crippen LogP contribution in [0.1, 0.15) is 38.1 Å². The van der Waals surface area contributed by atoms with Gasteiger partial charge in [-0.15, -0.1) is 0 Å². The number of fused-ring (bicyclic) bond motifs is 1. The van der Waals surface area contributed by atoms with Gasteiger partial charge in [-0.2, -0.15) is 0 Å². The van der Waals surface area contributed by atoms with Gasteiger partial charge in [0, 0.05) is 17.7 Å². The average Bonchev–Trinajstić information content (AvgIpc) is 3.63. The van der Waals surface area contributed by atoms with E-state index in [1.165, 1.54) is 29.9 Å². The zero-order chi connectivity index (χ0) is 34.7. The van der Waals surface area contributed by atoms with Gasteiger partial charge in [0.25, 0.3) is 11.2 Å². The number of methoxy groups -OCH3 is 1. The third kappa shape index (κ3) is 6.86. The van der Waals surface area contributed by atoms with E-state index >= 15 is 0 Å². The lowest BCUT2D eigenvalue weighted by Gasteiger charge is -2.25. The Morgan fingerprint density at radius 2 is 1.85 bits per heavy atom. The molecule has 13 nitrogen and oxygen atoms in total. The van der Waals surface area contributed by atoms with Gasteiger partial charge < -0.3 is 23.4 Å². The van der Waals surface area contributed by atoms with E-state index in [4.69, 9.17) is 41.8 Å². The van der Waals surface area contributed by atoms with Crippen molar-refractivity contribution in [3.05, 3.63) is 105 Å². The Labute approximate surface area is 286 Å². The quantitative estimate of drug-likeness (QED) is 0.114. The molecule has 250 valence electrons. The highest BCUT2D eigenvalue weighted by atomic mass is 35.5. The first-order chi connectivity index (χ1) is 23.0. The predicted octanol–water partition coefficient (Wildman–Crippen LogP) is 5.22. The first-order valence-corrected chi connectivity index (χ1v) is 15.9. The molecule has 0 radical (unpaired) electrons. The van der Waals surface area contributed by atoms with Crippen LogP contribution in [0.25, 0.3) is 17.4 Å². The number of esters is 2. The maximum atomic E-state index is 14.1. The van der Waals surface area contributed by atoms with Crippen LogP contribution in [-0.2, 0) is 19.1 Å². The summed E-state index contributed by atoms with van der Waals surface area (Å²) in [7, 11) is 1.24. The summed E-state index contributed by atoms with van der Waals surface area (Å²) >= 11 is 13.4. The van der Waals surface area contributed by atoms with Gasteiger partial charge in [0.2, 0.25) is 0 Å². The molecular formula is C32H27Cl2N3O10S. The molecular weight excluding hydrogens is 689 g/mol. The second-order valence-electron chi connectivity index (χ2n) is 10.0. The fourth-order valence-electron chi connectivity index (χ4n) is 4.96. The van der Waals surface area contributed by atoms with Crippen LogP contribution in [0, 0.1) is 10.1 Å². The van der Waals surface area contributed by atoms with Crippen molar-refractivity contribution in [2.75, 3.05) is 26.9 Å². The number of carbonyl (C=O) groups excluding carboxylic acids is 2. The predicted molar refractivity (Wildman–Crippen MR) is 176 cm³/mol. The summed E-state index contributed by atoms with van der Waals surface area (Å²) in [5.74, 6) is -0.216. The second-order valence-corrected chi connectivity index (χ2v) is 11.9. The highest BCUT2D eigenvalue weighted by Crippen LogP contribution is 2.38. The van der Waals surface area contributed by atoms with Gasteiger partial charge in [-0.3, -0.25) is 19.5 Å². The van der Waals surface area contributed by atoms with Gasteiger partial charge >= 0.3 is 11.9 Å². The number of ether oxygens (including phenoxy) is 4. The molecule has 16 heteroatoms. The highest BCUT2D eigenvalue weighted by molar-refractivity contribution is 7.07. The van der Waals surface area contributed by atoms with Crippen molar-refractivity contribution in [3.63, 3.8) is 0 Å². The van der Waals surface area contributed by atoms with E-state index in [0.29, 0.717) is 16.1 Å². The average molecular weight is 717 g/mol. The van der Waals surface area contributed by atoms with Crippen molar-refractivity contribution in [2.45, 2.75) is 26.8 Å². The summed E-state index contributed by atoms with van der Waals surface area (Å²) in [6, 6.07) is 9.51. The first-order valence-electron chi connectivity index (χ1n) is 14.4. The van der Waals surface area contributed by atoms with Crippen LogP contribution in [0.5, 0.6) is 11.5 Å². The number of allylic oxidation sites excluding steroid dienone is 1. The lowest BCUT2D eigenvalue weighted by atomic mass is 9.95. The monoisotopic (exact) mass is 715 g/mol. The number of carbonyl (C=O) groups is 2. The lowest BCUT2D eigenvalue weighted by Crippen LogP contribution is -2.40. The number of nitrogens with zero attached hydrogens (tertiary/aromatic N) is 3. The van der Waals surface area contributed by atoms with Crippen molar-refractivity contribution in [1.29, 1.82) is 0 Å². The molecule has 0 bridgehead atoms. The molecule has 48 heavy (non-hydrogen) atoms. The molecule has 0 amide bonds. The van der Waals surface area contributed by atoms with Gasteiger partial charge in [0.15, 0.2) is 22.9 Å². The molecule has 1 aliphatic heterocycles. The Morgan fingerprint density at radius 1 is 1.08 bits per heavy atom.